The maximum absolute atomic E-state index is 4.94. The molecule has 0 bridgehead atoms. The molecular weight excluding hydrogens is 330 g/mol. The van der Waals surface area contributed by atoms with Crippen LogP contribution in [0.15, 0.2) is 0 Å². The molecule has 0 spiro atoms. The zero-order valence-electron chi connectivity index (χ0n) is 12.6. The summed E-state index contributed by atoms with van der Waals surface area (Å²) in [5.74, 6) is 0. The van der Waals surface area contributed by atoms with Crippen molar-refractivity contribution in [3.05, 3.63) is 0 Å². The molecule has 0 saturated carbocycles. The molecule has 0 unspecified atom stereocenters. The van der Waals surface area contributed by atoms with E-state index in [0.717, 1.165) is 26.3 Å². The van der Waals surface area contributed by atoms with E-state index in [1.807, 2.05) is 0 Å². The fourth-order valence-corrected chi connectivity index (χ4v) is 1.38. The number of hydrogen-bond acceptors (Lipinski definition) is 3. The summed E-state index contributed by atoms with van der Waals surface area (Å²) < 4.78 is 4.94. The van der Waals surface area contributed by atoms with Crippen LogP contribution in [0.25, 0.3) is 0 Å². The maximum atomic E-state index is 4.94. The molecule has 0 aromatic carbocycles. The molecule has 1 saturated heterocycles. The Kier molecular flexibility index (Phi) is 22.2. The van der Waals surface area contributed by atoms with Crippen LogP contribution in [0.2, 0.25) is 0 Å². The van der Waals surface area contributed by atoms with Crippen molar-refractivity contribution in [1.82, 2.24) is 10.6 Å². The van der Waals surface area contributed by atoms with Gasteiger partial charge in [-0.25, -0.2) is 0 Å². The monoisotopic (exact) mass is 359 g/mol. The van der Waals surface area contributed by atoms with Gasteiger partial charge in [-0.15, -0.1) is 0 Å². The van der Waals surface area contributed by atoms with Gasteiger partial charge in [0.2, 0.25) is 0 Å². The van der Waals surface area contributed by atoms with Crippen LogP contribution in [-0.4, -0.2) is 38.4 Å². The predicted molar refractivity (Wildman–Crippen MR) is 82.7 cm³/mol. The van der Waals surface area contributed by atoms with Gasteiger partial charge in [0.1, 0.15) is 0 Å². The fraction of sp³-hybridized carbons (Fsp3) is 1.00. The summed E-state index contributed by atoms with van der Waals surface area (Å²) in [7, 11) is 9.47. The third kappa shape index (κ3) is 28.0. The van der Waals surface area contributed by atoms with Gasteiger partial charge in [0.25, 0.3) is 0 Å². The first-order chi connectivity index (χ1) is 9.04. The van der Waals surface area contributed by atoms with Gasteiger partial charge in [-0.2, -0.15) is 0 Å². The Bertz CT molecular complexity index is 142. The summed E-state index contributed by atoms with van der Waals surface area (Å²) >= 11 is 0.382. The van der Waals surface area contributed by atoms with E-state index in [9.17, 15) is 0 Å². The zero-order valence-corrected chi connectivity index (χ0v) is 15.2. The minimum absolute atomic E-state index is 0.382. The number of halogens is 2. The zero-order chi connectivity index (χ0) is 14.9. The molecule has 2 N–H and O–H groups in total. The normalized spacial score (nSPS) is 14.1. The van der Waals surface area contributed by atoms with E-state index in [4.69, 9.17) is 25.0 Å². The van der Waals surface area contributed by atoms with Crippen LogP contribution in [0.1, 0.15) is 47.0 Å². The molecule has 0 aromatic heterocycles. The minimum atomic E-state index is 0.382. The van der Waals surface area contributed by atoms with Gasteiger partial charge in [-0.3, -0.25) is 0 Å². The van der Waals surface area contributed by atoms with Crippen LogP contribution in [0.3, 0.4) is 0 Å². The van der Waals surface area contributed by atoms with Gasteiger partial charge in [0.15, 0.2) is 0 Å². The van der Waals surface area contributed by atoms with Crippen molar-refractivity contribution in [3.8, 4) is 0 Å². The van der Waals surface area contributed by atoms with E-state index in [1.54, 1.807) is 0 Å². The van der Waals surface area contributed by atoms with Crippen LogP contribution in [0, 0.1) is 0 Å². The Morgan fingerprint density at radius 1 is 0.947 bits per heavy atom. The topological polar surface area (TPSA) is 33.3 Å². The van der Waals surface area contributed by atoms with Gasteiger partial charge >= 0.3 is 33.2 Å². The van der Waals surface area contributed by atoms with Crippen LogP contribution >= 0.6 is 20.3 Å². The van der Waals surface area contributed by atoms with Crippen molar-refractivity contribution in [1.29, 1.82) is 0 Å². The second-order valence-corrected chi connectivity index (χ2v) is 6.66. The molecule has 1 heterocycles. The van der Waals surface area contributed by atoms with Gasteiger partial charge in [0.05, 0.1) is 0 Å². The Hall–Kier alpha value is 0.966. The molecule has 3 nitrogen and oxygen atoms in total. The van der Waals surface area contributed by atoms with E-state index in [-0.39, 0.29) is 0 Å². The molecule has 0 aromatic rings. The molecule has 0 aliphatic carbocycles. The standard InChI is InChI=1S/C9H22N2.C4H8O.2ClH.Co/c1-8(2)10-6-5-7-11-9(3)4;1-2-4-5-3-1;;;/h8-11H,5-7H2,1-4H3;1-4H2;2*1H;/q;;;;+2/p-2. The predicted octanol–water partition coefficient (Wildman–Crippen LogP) is 3.55. The quantitative estimate of drug-likeness (QED) is 0.711. The number of hydrogen-bond donors (Lipinski definition) is 2. The van der Waals surface area contributed by atoms with Crippen molar-refractivity contribution in [2.24, 2.45) is 0 Å². The molecule has 0 amide bonds. The molecule has 1 aliphatic heterocycles. The molecule has 19 heavy (non-hydrogen) atoms. The van der Waals surface area contributed by atoms with Crippen molar-refractivity contribution >= 4 is 20.3 Å². The van der Waals surface area contributed by atoms with E-state index in [1.165, 1.54) is 19.3 Å². The Balaban J connectivity index is 0. The van der Waals surface area contributed by atoms with Crippen molar-refractivity contribution in [3.63, 3.8) is 0 Å². The van der Waals surface area contributed by atoms with Gasteiger partial charge in [-0.05, 0) is 32.4 Å². The Labute approximate surface area is 134 Å². The van der Waals surface area contributed by atoms with Crippen LogP contribution in [0.5, 0.6) is 0 Å². The van der Waals surface area contributed by atoms with E-state index >= 15 is 0 Å². The van der Waals surface area contributed by atoms with Crippen LogP contribution in [0.4, 0.5) is 0 Å². The summed E-state index contributed by atoms with van der Waals surface area (Å²) in [6, 6.07) is 1.24. The van der Waals surface area contributed by atoms with E-state index < -0.39 is 0 Å². The Morgan fingerprint density at radius 2 is 1.32 bits per heavy atom. The molecular formula is C13H30Cl2CoN2O. The van der Waals surface area contributed by atoms with Crippen LogP contribution in [-0.2, 0) is 17.6 Å². The second-order valence-electron chi connectivity index (χ2n) is 4.94. The fourth-order valence-electron chi connectivity index (χ4n) is 1.38. The average Bonchev–Trinajstić information content (AvgIpc) is 2.87. The van der Waals surface area contributed by atoms with Crippen molar-refractivity contribution < 1.29 is 17.6 Å². The van der Waals surface area contributed by atoms with Gasteiger partial charge < -0.3 is 15.4 Å². The summed E-state index contributed by atoms with van der Waals surface area (Å²) in [5.41, 5.74) is 0. The van der Waals surface area contributed by atoms with Crippen LogP contribution < -0.4 is 10.6 Å². The summed E-state index contributed by atoms with van der Waals surface area (Å²) in [5, 5.41) is 6.76. The third-order valence-corrected chi connectivity index (χ3v) is 2.29. The molecule has 121 valence electrons. The average molecular weight is 360 g/mol. The summed E-state index contributed by atoms with van der Waals surface area (Å²) in [6.45, 7) is 13.0. The molecule has 6 heteroatoms. The van der Waals surface area contributed by atoms with Gasteiger partial charge in [0, 0.05) is 25.3 Å². The summed E-state index contributed by atoms with van der Waals surface area (Å²) in [4.78, 5) is 0. The SMILES string of the molecule is C1CCOC1.CC(C)NCCCNC(C)C.[Cl][Co][Cl]. The third-order valence-electron chi connectivity index (χ3n) is 2.29. The van der Waals surface area contributed by atoms with E-state index in [2.05, 4.69) is 38.3 Å². The van der Waals surface area contributed by atoms with Crippen molar-refractivity contribution in [2.75, 3.05) is 26.3 Å². The first-order valence-corrected chi connectivity index (χ1v) is 9.79. The molecule has 1 rings (SSSR count). The first-order valence-electron chi connectivity index (χ1n) is 6.92. The molecule has 0 radical (unpaired) electrons. The molecule has 0 atom stereocenters. The molecule has 1 aliphatic rings. The number of ether oxygens (including phenoxy) is 1. The Morgan fingerprint density at radius 3 is 1.53 bits per heavy atom. The first kappa shape index (κ1) is 22.3. The summed E-state index contributed by atoms with van der Waals surface area (Å²) in [6.07, 6.45) is 3.77. The van der Waals surface area contributed by atoms with Crippen molar-refractivity contribution in [2.45, 2.75) is 59.0 Å². The number of nitrogens with one attached hydrogen (secondary N) is 2. The van der Waals surface area contributed by atoms with Gasteiger partial charge in [-0.1, -0.05) is 27.7 Å². The second kappa shape index (κ2) is 19.0. The molecule has 1 fully saturated rings. The van der Waals surface area contributed by atoms with E-state index in [0.29, 0.717) is 25.0 Å². The number of rotatable bonds is 6.